The topological polar surface area (TPSA) is 38.7 Å². The second-order valence-electron chi connectivity index (χ2n) is 5.80. The maximum atomic E-state index is 10.6. The van der Waals surface area contributed by atoms with Crippen molar-refractivity contribution >= 4 is 0 Å². The summed E-state index contributed by atoms with van der Waals surface area (Å²) < 4.78 is 11.7. The van der Waals surface area contributed by atoms with Gasteiger partial charge in [0.1, 0.15) is 23.7 Å². The standard InChI is InChI=1S/C18H18O3/c19-18(17-11-12-4-1-2-7-16(12)21-17)13-5-3-6-15(10-13)20-14-8-9-14/h1-7,10,14,17-19H,8-9,11H2. The number of para-hydroxylation sites is 1. The molecule has 0 aromatic heterocycles. The van der Waals surface area contributed by atoms with Crippen molar-refractivity contribution in [2.45, 2.75) is 37.6 Å². The van der Waals surface area contributed by atoms with Gasteiger partial charge >= 0.3 is 0 Å². The molecule has 1 heterocycles. The number of hydrogen-bond acceptors (Lipinski definition) is 3. The van der Waals surface area contributed by atoms with Crippen LogP contribution in [0.15, 0.2) is 48.5 Å². The SMILES string of the molecule is OC(c1cccc(OC2CC2)c1)C1Cc2ccccc2O1. The van der Waals surface area contributed by atoms with Crippen LogP contribution in [0.25, 0.3) is 0 Å². The lowest BCUT2D eigenvalue weighted by Gasteiger charge is -2.19. The molecule has 1 fully saturated rings. The maximum absolute atomic E-state index is 10.6. The highest BCUT2D eigenvalue weighted by molar-refractivity contribution is 5.39. The Morgan fingerprint density at radius 3 is 2.76 bits per heavy atom. The lowest BCUT2D eigenvalue weighted by atomic mass is 10.0. The lowest BCUT2D eigenvalue weighted by molar-refractivity contribution is 0.0490. The minimum absolute atomic E-state index is 0.224. The molecule has 0 amide bonds. The molecule has 2 unspecified atom stereocenters. The molecule has 1 saturated carbocycles. The van der Waals surface area contributed by atoms with Gasteiger partial charge in [0.05, 0.1) is 6.10 Å². The molecular formula is C18H18O3. The van der Waals surface area contributed by atoms with Gasteiger partial charge in [0, 0.05) is 6.42 Å². The Morgan fingerprint density at radius 2 is 1.95 bits per heavy atom. The van der Waals surface area contributed by atoms with E-state index in [0.29, 0.717) is 6.10 Å². The molecule has 2 aliphatic rings. The average Bonchev–Trinajstić information content (AvgIpc) is 3.21. The number of benzene rings is 2. The lowest BCUT2D eigenvalue weighted by Crippen LogP contribution is -2.23. The van der Waals surface area contributed by atoms with E-state index in [1.165, 1.54) is 0 Å². The first kappa shape index (κ1) is 12.7. The predicted octanol–water partition coefficient (Wildman–Crippen LogP) is 3.26. The number of rotatable bonds is 4. The summed E-state index contributed by atoms with van der Waals surface area (Å²) in [6.45, 7) is 0. The van der Waals surface area contributed by atoms with Gasteiger partial charge in [0.25, 0.3) is 0 Å². The normalized spacial score (nSPS) is 21.5. The minimum Gasteiger partial charge on any atom is -0.490 e. The van der Waals surface area contributed by atoms with Crippen molar-refractivity contribution in [1.29, 1.82) is 0 Å². The number of hydrogen-bond donors (Lipinski definition) is 1. The van der Waals surface area contributed by atoms with E-state index in [1.807, 2.05) is 42.5 Å². The molecule has 0 bridgehead atoms. The van der Waals surface area contributed by atoms with Crippen molar-refractivity contribution in [3.8, 4) is 11.5 Å². The largest absolute Gasteiger partial charge is 0.490 e. The van der Waals surface area contributed by atoms with Crippen LogP contribution in [0.3, 0.4) is 0 Å². The van der Waals surface area contributed by atoms with E-state index in [-0.39, 0.29) is 6.10 Å². The van der Waals surface area contributed by atoms with Gasteiger partial charge < -0.3 is 14.6 Å². The molecular weight excluding hydrogens is 264 g/mol. The maximum Gasteiger partial charge on any atom is 0.133 e. The second kappa shape index (κ2) is 5.08. The van der Waals surface area contributed by atoms with E-state index < -0.39 is 6.10 Å². The van der Waals surface area contributed by atoms with Crippen LogP contribution in [0.5, 0.6) is 11.5 Å². The van der Waals surface area contributed by atoms with Crippen molar-refractivity contribution < 1.29 is 14.6 Å². The molecule has 1 aliphatic carbocycles. The molecule has 1 aliphatic heterocycles. The van der Waals surface area contributed by atoms with Crippen LogP contribution in [0.4, 0.5) is 0 Å². The molecule has 3 nitrogen and oxygen atoms in total. The number of aliphatic hydroxyl groups is 1. The average molecular weight is 282 g/mol. The Kier molecular flexibility index (Phi) is 3.08. The highest BCUT2D eigenvalue weighted by Gasteiger charge is 2.30. The molecule has 2 atom stereocenters. The van der Waals surface area contributed by atoms with Crippen LogP contribution in [-0.2, 0) is 6.42 Å². The van der Waals surface area contributed by atoms with Crippen LogP contribution in [0, 0.1) is 0 Å². The van der Waals surface area contributed by atoms with Gasteiger partial charge in [-0.15, -0.1) is 0 Å². The molecule has 0 spiro atoms. The van der Waals surface area contributed by atoms with Crippen molar-refractivity contribution in [2.75, 3.05) is 0 Å². The van der Waals surface area contributed by atoms with Gasteiger partial charge in [-0.3, -0.25) is 0 Å². The van der Waals surface area contributed by atoms with E-state index >= 15 is 0 Å². The van der Waals surface area contributed by atoms with E-state index in [2.05, 4.69) is 6.07 Å². The van der Waals surface area contributed by atoms with Gasteiger partial charge in [-0.05, 0) is 42.2 Å². The summed E-state index contributed by atoms with van der Waals surface area (Å²) in [5, 5.41) is 10.6. The van der Waals surface area contributed by atoms with Gasteiger partial charge in [0.2, 0.25) is 0 Å². The van der Waals surface area contributed by atoms with Crippen molar-refractivity contribution in [3.63, 3.8) is 0 Å². The molecule has 0 radical (unpaired) electrons. The van der Waals surface area contributed by atoms with Gasteiger partial charge in [0.15, 0.2) is 0 Å². The number of aliphatic hydroxyl groups excluding tert-OH is 1. The van der Waals surface area contributed by atoms with E-state index in [9.17, 15) is 5.11 Å². The Balaban J connectivity index is 1.51. The number of ether oxygens (including phenoxy) is 2. The summed E-state index contributed by atoms with van der Waals surface area (Å²) in [5.74, 6) is 1.72. The molecule has 108 valence electrons. The predicted molar refractivity (Wildman–Crippen MR) is 79.6 cm³/mol. The molecule has 1 N–H and O–H groups in total. The third-order valence-electron chi connectivity index (χ3n) is 4.05. The Bertz CT molecular complexity index is 623. The van der Waals surface area contributed by atoms with Crippen LogP contribution < -0.4 is 9.47 Å². The van der Waals surface area contributed by atoms with Crippen LogP contribution in [-0.4, -0.2) is 17.3 Å². The fraction of sp³-hybridized carbons (Fsp3) is 0.333. The summed E-state index contributed by atoms with van der Waals surface area (Å²) in [6, 6.07) is 15.7. The quantitative estimate of drug-likeness (QED) is 0.935. The Hall–Kier alpha value is -2.00. The first-order valence-electron chi connectivity index (χ1n) is 7.49. The Morgan fingerprint density at radius 1 is 1.10 bits per heavy atom. The van der Waals surface area contributed by atoms with Gasteiger partial charge in [-0.1, -0.05) is 30.3 Å². The molecule has 2 aromatic rings. The zero-order valence-corrected chi connectivity index (χ0v) is 11.7. The zero-order valence-electron chi connectivity index (χ0n) is 11.7. The second-order valence-corrected chi connectivity index (χ2v) is 5.80. The highest BCUT2D eigenvalue weighted by Crippen LogP contribution is 2.35. The molecule has 21 heavy (non-hydrogen) atoms. The van der Waals surface area contributed by atoms with Gasteiger partial charge in [-0.2, -0.15) is 0 Å². The summed E-state index contributed by atoms with van der Waals surface area (Å²) in [4.78, 5) is 0. The van der Waals surface area contributed by atoms with Gasteiger partial charge in [-0.25, -0.2) is 0 Å². The van der Waals surface area contributed by atoms with Crippen molar-refractivity contribution in [2.24, 2.45) is 0 Å². The summed E-state index contributed by atoms with van der Waals surface area (Å²) >= 11 is 0. The fourth-order valence-corrected chi connectivity index (χ4v) is 2.75. The van der Waals surface area contributed by atoms with Crippen LogP contribution in [0.2, 0.25) is 0 Å². The van der Waals surface area contributed by atoms with Crippen LogP contribution in [0.1, 0.15) is 30.1 Å². The summed E-state index contributed by atoms with van der Waals surface area (Å²) in [6.07, 6.45) is 2.51. The van der Waals surface area contributed by atoms with Crippen molar-refractivity contribution in [3.05, 3.63) is 59.7 Å². The highest BCUT2D eigenvalue weighted by atomic mass is 16.5. The van der Waals surface area contributed by atoms with Crippen molar-refractivity contribution in [1.82, 2.24) is 0 Å². The summed E-state index contributed by atoms with van der Waals surface area (Å²) in [7, 11) is 0. The third-order valence-corrected chi connectivity index (χ3v) is 4.05. The zero-order chi connectivity index (χ0) is 14.2. The minimum atomic E-state index is -0.639. The number of fused-ring (bicyclic) bond motifs is 1. The first-order valence-corrected chi connectivity index (χ1v) is 7.49. The third kappa shape index (κ3) is 2.61. The molecule has 0 saturated heterocycles. The molecule has 2 aromatic carbocycles. The smallest absolute Gasteiger partial charge is 0.133 e. The Labute approximate surface area is 124 Å². The van der Waals surface area contributed by atoms with E-state index in [1.54, 1.807) is 0 Å². The monoisotopic (exact) mass is 282 g/mol. The van der Waals surface area contributed by atoms with E-state index in [0.717, 1.165) is 41.9 Å². The summed E-state index contributed by atoms with van der Waals surface area (Å²) in [5.41, 5.74) is 2.01. The molecule has 4 rings (SSSR count). The fourth-order valence-electron chi connectivity index (χ4n) is 2.75. The first-order chi connectivity index (χ1) is 10.3. The van der Waals surface area contributed by atoms with E-state index in [4.69, 9.17) is 9.47 Å². The van der Waals surface area contributed by atoms with Crippen LogP contribution >= 0.6 is 0 Å². The molecule has 3 heteroatoms.